The van der Waals surface area contributed by atoms with Crippen LogP contribution in [0.5, 0.6) is 0 Å². The zero-order chi connectivity index (χ0) is 6.69. The van der Waals surface area contributed by atoms with Crippen LogP contribution in [0.15, 0.2) is 0 Å². The summed E-state index contributed by atoms with van der Waals surface area (Å²) in [4.78, 5) is 10.00. The van der Waals surface area contributed by atoms with E-state index in [9.17, 15) is 4.79 Å². The van der Waals surface area contributed by atoms with Crippen LogP contribution in [0.2, 0.25) is 0 Å². The number of carbonyl (C=O) groups excluding carboxylic acids is 1. The number of rotatable bonds is 4. The summed E-state index contributed by atoms with van der Waals surface area (Å²) in [5.74, 6) is 0.792. The van der Waals surface area contributed by atoms with Crippen molar-refractivity contribution in [2.75, 3.05) is 0 Å². The summed E-state index contributed by atoms with van der Waals surface area (Å²) >= 11 is 0. The van der Waals surface area contributed by atoms with Crippen molar-refractivity contribution in [2.24, 2.45) is 5.92 Å². The Morgan fingerprint density at radius 1 is 1.78 bits per heavy atom. The van der Waals surface area contributed by atoms with Gasteiger partial charge in [0.15, 0.2) is 0 Å². The fourth-order valence-electron chi connectivity index (χ4n) is 1.17. The van der Waals surface area contributed by atoms with Gasteiger partial charge in [0.2, 0.25) is 6.41 Å². The highest BCUT2D eigenvalue weighted by Crippen LogP contribution is 2.33. The third-order valence-electron chi connectivity index (χ3n) is 1.91. The van der Waals surface area contributed by atoms with Gasteiger partial charge in [0.1, 0.15) is 0 Å². The minimum Gasteiger partial charge on any atom is -0.356 e. The second-order valence-electron chi connectivity index (χ2n) is 2.64. The predicted molar refractivity (Wildman–Crippen MR) is 36.0 cm³/mol. The lowest BCUT2D eigenvalue weighted by Crippen LogP contribution is -2.28. The monoisotopic (exact) mass is 127 g/mol. The Hall–Kier alpha value is -0.530. The molecule has 1 unspecified atom stereocenters. The molecule has 1 rings (SSSR count). The molecule has 0 bridgehead atoms. The summed E-state index contributed by atoms with van der Waals surface area (Å²) in [6, 6.07) is 0.461. The number of carbonyl (C=O) groups is 1. The minimum absolute atomic E-state index is 0.461. The molecule has 1 N–H and O–H groups in total. The second kappa shape index (κ2) is 2.85. The van der Waals surface area contributed by atoms with Gasteiger partial charge in [-0.1, -0.05) is 6.92 Å². The number of amides is 1. The van der Waals surface area contributed by atoms with Gasteiger partial charge in [0, 0.05) is 6.04 Å². The Labute approximate surface area is 55.6 Å². The Bertz CT molecular complexity index is 99.1. The van der Waals surface area contributed by atoms with Gasteiger partial charge >= 0.3 is 0 Å². The quantitative estimate of drug-likeness (QED) is 0.559. The normalized spacial score (nSPS) is 21.0. The topological polar surface area (TPSA) is 29.1 Å². The second-order valence-corrected chi connectivity index (χ2v) is 2.64. The zero-order valence-corrected chi connectivity index (χ0v) is 5.76. The van der Waals surface area contributed by atoms with E-state index in [1.54, 1.807) is 0 Å². The minimum atomic E-state index is 0.461. The summed E-state index contributed by atoms with van der Waals surface area (Å²) in [6.45, 7) is 2.11. The summed E-state index contributed by atoms with van der Waals surface area (Å²) in [5.41, 5.74) is 0. The molecular formula is C7H13NO. The lowest BCUT2D eigenvalue weighted by atomic mass is 10.1. The van der Waals surface area contributed by atoms with Gasteiger partial charge in [-0.3, -0.25) is 4.79 Å². The number of hydrogen-bond acceptors (Lipinski definition) is 1. The van der Waals surface area contributed by atoms with Crippen molar-refractivity contribution in [2.45, 2.75) is 32.2 Å². The van der Waals surface area contributed by atoms with Crippen molar-refractivity contribution >= 4 is 6.41 Å². The van der Waals surface area contributed by atoms with E-state index in [1.165, 1.54) is 12.8 Å². The van der Waals surface area contributed by atoms with Crippen LogP contribution >= 0.6 is 0 Å². The molecule has 1 fully saturated rings. The summed E-state index contributed by atoms with van der Waals surface area (Å²) < 4.78 is 0. The maximum Gasteiger partial charge on any atom is 0.207 e. The Kier molecular flexibility index (Phi) is 2.09. The Morgan fingerprint density at radius 2 is 2.44 bits per heavy atom. The molecule has 1 saturated carbocycles. The maximum absolute atomic E-state index is 10.00. The number of nitrogens with one attached hydrogen (secondary N) is 1. The molecule has 1 amide bonds. The van der Waals surface area contributed by atoms with Crippen molar-refractivity contribution in [3.8, 4) is 0 Å². The SMILES string of the molecule is CCC(NC=O)C1CC1. The maximum atomic E-state index is 10.00. The first-order valence-corrected chi connectivity index (χ1v) is 3.58. The van der Waals surface area contributed by atoms with Crippen molar-refractivity contribution in [1.29, 1.82) is 0 Å². The third-order valence-corrected chi connectivity index (χ3v) is 1.91. The first kappa shape index (κ1) is 6.59. The van der Waals surface area contributed by atoms with Gasteiger partial charge in [-0.15, -0.1) is 0 Å². The van der Waals surface area contributed by atoms with Crippen LogP contribution in [0.4, 0.5) is 0 Å². The van der Waals surface area contributed by atoms with E-state index < -0.39 is 0 Å². The van der Waals surface area contributed by atoms with Gasteiger partial charge in [-0.25, -0.2) is 0 Å². The first-order valence-electron chi connectivity index (χ1n) is 3.58. The van der Waals surface area contributed by atoms with Crippen molar-refractivity contribution in [1.82, 2.24) is 5.32 Å². The average molecular weight is 127 g/mol. The van der Waals surface area contributed by atoms with E-state index >= 15 is 0 Å². The smallest absolute Gasteiger partial charge is 0.207 e. The third kappa shape index (κ3) is 1.70. The van der Waals surface area contributed by atoms with Crippen molar-refractivity contribution < 1.29 is 4.79 Å². The largest absolute Gasteiger partial charge is 0.356 e. The lowest BCUT2D eigenvalue weighted by Gasteiger charge is -2.10. The molecule has 0 aliphatic heterocycles. The van der Waals surface area contributed by atoms with E-state index in [2.05, 4.69) is 12.2 Å². The predicted octanol–water partition coefficient (Wildman–Crippen LogP) is 0.921. The van der Waals surface area contributed by atoms with Crippen LogP contribution in [0.25, 0.3) is 0 Å². The van der Waals surface area contributed by atoms with Crippen LogP contribution in [0.3, 0.4) is 0 Å². The highest BCUT2D eigenvalue weighted by molar-refractivity contribution is 5.46. The lowest BCUT2D eigenvalue weighted by molar-refractivity contribution is -0.110. The number of hydrogen-bond donors (Lipinski definition) is 1. The van der Waals surface area contributed by atoms with E-state index in [1.807, 2.05) is 0 Å². The standard InChI is InChI=1S/C7H13NO/c1-2-7(8-5-9)6-3-4-6/h5-7H,2-4H2,1H3,(H,8,9). The molecule has 1 atom stereocenters. The fourth-order valence-corrected chi connectivity index (χ4v) is 1.17. The van der Waals surface area contributed by atoms with Crippen LogP contribution in [-0.4, -0.2) is 12.5 Å². The molecule has 0 aromatic heterocycles. The summed E-state index contributed by atoms with van der Waals surface area (Å²) in [5, 5.41) is 2.81. The van der Waals surface area contributed by atoms with E-state index in [-0.39, 0.29) is 0 Å². The molecule has 1 aliphatic rings. The Morgan fingerprint density at radius 3 is 2.78 bits per heavy atom. The Balaban J connectivity index is 2.20. The van der Waals surface area contributed by atoms with E-state index in [4.69, 9.17) is 0 Å². The van der Waals surface area contributed by atoms with Gasteiger partial charge in [-0.2, -0.15) is 0 Å². The van der Waals surface area contributed by atoms with Crippen molar-refractivity contribution in [3.05, 3.63) is 0 Å². The summed E-state index contributed by atoms with van der Waals surface area (Å²) in [6.07, 6.45) is 4.49. The van der Waals surface area contributed by atoms with Gasteiger partial charge in [0.25, 0.3) is 0 Å². The molecular weight excluding hydrogens is 114 g/mol. The molecule has 9 heavy (non-hydrogen) atoms. The van der Waals surface area contributed by atoms with Gasteiger partial charge < -0.3 is 5.32 Å². The molecule has 0 heterocycles. The van der Waals surface area contributed by atoms with Gasteiger partial charge in [0.05, 0.1) is 0 Å². The molecule has 0 aromatic rings. The van der Waals surface area contributed by atoms with Gasteiger partial charge in [-0.05, 0) is 25.2 Å². The molecule has 1 aliphatic carbocycles. The summed E-state index contributed by atoms with van der Waals surface area (Å²) in [7, 11) is 0. The van der Waals surface area contributed by atoms with Crippen molar-refractivity contribution in [3.63, 3.8) is 0 Å². The molecule has 0 radical (unpaired) electrons. The van der Waals surface area contributed by atoms with E-state index in [0.29, 0.717) is 6.04 Å². The van der Waals surface area contributed by atoms with E-state index in [0.717, 1.165) is 18.7 Å². The molecule has 2 nitrogen and oxygen atoms in total. The van der Waals surface area contributed by atoms with Crippen LogP contribution in [-0.2, 0) is 4.79 Å². The van der Waals surface area contributed by atoms with Crippen LogP contribution in [0.1, 0.15) is 26.2 Å². The first-order chi connectivity index (χ1) is 4.38. The highest BCUT2D eigenvalue weighted by atomic mass is 16.1. The average Bonchev–Trinajstić information content (AvgIpc) is 2.64. The molecule has 0 spiro atoms. The fraction of sp³-hybridized carbons (Fsp3) is 0.857. The molecule has 52 valence electrons. The highest BCUT2D eigenvalue weighted by Gasteiger charge is 2.29. The van der Waals surface area contributed by atoms with Crippen LogP contribution < -0.4 is 5.32 Å². The van der Waals surface area contributed by atoms with Crippen LogP contribution in [0, 0.1) is 5.92 Å². The molecule has 0 saturated heterocycles. The molecule has 2 heteroatoms. The molecule has 0 aromatic carbocycles. The zero-order valence-electron chi connectivity index (χ0n) is 5.76.